The molecule has 1 aromatic rings. The lowest BCUT2D eigenvalue weighted by Crippen LogP contribution is -2.51. The molecule has 42 heavy (non-hydrogen) atoms. The van der Waals surface area contributed by atoms with Crippen molar-refractivity contribution in [2.75, 3.05) is 33.5 Å². The van der Waals surface area contributed by atoms with Gasteiger partial charge in [0.1, 0.15) is 5.54 Å². The second kappa shape index (κ2) is 16.8. The third kappa shape index (κ3) is 14.9. The van der Waals surface area contributed by atoms with Crippen LogP contribution in [-0.4, -0.2) is 63.5 Å². The van der Waals surface area contributed by atoms with Crippen molar-refractivity contribution in [3.05, 3.63) is 23.8 Å². The number of carbonyl (C=O) groups is 4. The Morgan fingerprint density at radius 2 is 1.29 bits per heavy atom. The Kier molecular flexibility index (Phi) is 14.6. The summed E-state index contributed by atoms with van der Waals surface area (Å²) in [6.07, 6.45) is -0.448. The van der Waals surface area contributed by atoms with Crippen LogP contribution in [0.4, 0.5) is 14.4 Å². The minimum atomic E-state index is -1.62. The highest BCUT2D eigenvalue weighted by Crippen LogP contribution is 2.32. The van der Waals surface area contributed by atoms with Crippen molar-refractivity contribution < 1.29 is 52.3 Å². The zero-order valence-corrected chi connectivity index (χ0v) is 26.2. The Bertz CT molecular complexity index is 1040. The number of unbranched alkanes of at least 4 members (excludes halogenated alkanes) is 2. The number of esters is 1. The van der Waals surface area contributed by atoms with E-state index in [1.54, 1.807) is 0 Å². The fourth-order valence-corrected chi connectivity index (χ4v) is 3.31. The molecule has 0 bridgehead atoms. The first kappa shape index (κ1) is 36.5. The predicted molar refractivity (Wildman–Crippen MR) is 153 cm³/mol. The molecule has 0 aliphatic rings. The van der Waals surface area contributed by atoms with E-state index in [2.05, 4.69) is 0 Å². The Morgan fingerprint density at radius 1 is 0.738 bits per heavy atom. The normalized spacial score (nSPS) is 12.9. The second-order valence-electron chi connectivity index (χ2n) is 12.4. The van der Waals surface area contributed by atoms with Crippen molar-refractivity contribution in [1.82, 2.24) is 0 Å². The number of carbonyl (C=O) groups excluding carboxylic acids is 4. The van der Waals surface area contributed by atoms with E-state index in [9.17, 15) is 19.2 Å². The molecule has 238 valence electrons. The number of benzene rings is 1. The van der Waals surface area contributed by atoms with Crippen LogP contribution in [0.1, 0.15) is 79.7 Å². The zero-order valence-electron chi connectivity index (χ0n) is 26.2. The number of nitrogens with two attached hydrogens (primary N) is 1. The van der Waals surface area contributed by atoms with Crippen molar-refractivity contribution in [2.45, 2.75) is 86.1 Å². The van der Waals surface area contributed by atoms with Gasteiger partial charge in [-0.1, -0.05) is 67.4 Å². The van der Waals surface area contributed by atoms with Gasteiger partial charge < -0.3 is 38.9 Å². The molecule has 12 nitrogen and oxygen atoms in total. The molecule has 0 radical (unpaired) electrons. The SMILES string of the molecule is CCCCCOC(=O)OCC[C@@](N)(Cc1ccc(OC(=O)OCC(C)(C)C)c(OC(=O)OCC(C)(C)C)c1)C(=O)OC. The molecule has 0 unspecified atom stereocenters. The molecule has 1 aromatic carbocycles. The minimum Gasteiger partial charge on any atom is -0.468 e. The Balaban J connectivity index is 3.10. The van der Waals surface area contributed by atoms with E-state index in [1.807, 2.05) is 48.5 Å². The van der Waals surface area contributed by atoms with Crippen LogP contribution in [0.2, 0.25) is 0 Å². The van der Waals surface area contributed by atoms with Gasteiger partial charge in [0.2, 0.25) is 0 Å². The molecular formula is C30H47NO11. The predicted octanol–water partition coefficient (Wildman–Crippen LogP) is 5.96. The number of hydrogen-bond acceptors (Lipinski definition) is 12. The molecule has 0 saturated heterocycles. The molecule has 0 heterocycles. The van der Waals surface area contributed by atoms with E-state index in [-0.39, 0.29) is 61.6 Å². The Morgan fingerprint density at radius 3 is 1.81 bits per heavy atom. The summed E-state index contributed by atoms with van der Waals surface area (Å²) in [6.45, 7) is 13.5. The molecule has 1 atom stereocenters. The Labute approximate surface area is 248 Å². The average molecular weight is 598 g/mol. The van der Waals surface area contributed by atoms with E-state index in [1.165, 1.54) is 25.3 Å². The van der Waals surface area contributed by atoms with Crippen molar-refractivity contribution >= 4 is 24.4 Å². The maximum atomic E-state index is 12.7. The number of ether oxygens (including phenoxy) is 7. The molecular weight excluding hydrogens is 550 g/mol. The summed E-state index contributed by atoms with van der Waals surface area (Å²) < 4.78 is 36.0. The molecule has 2 N–H and O–H groups in total. The Hall–Kier alpha value is -3.54. The number of hydrogen-bond donors (Lipinski definition) is 1. The van der Waals surface area contributed by atoms with E-state index < -0.39 is 30.0 Å². The molecule has 0 spiro atoms. The lowest BCUT2D eigenvalue weighted by atomic mass is 9.88. The monoisotopic (exact) mass is 597 g/mol. The third-order valence-corrected chi connectivity index (χ3v) is 5.49. The molecule has 1 rings (SSSR count). The van der Waals surface area contributed by atoms with Gasteiger partial charge in [0.25, 0.3) is 0 Å². The first-order chi connectivity index (χ1) is 19.5. The van der Waals surface area contributed by atoms with Crippen LogP contribution in [0.5, 0.6) is 11.5 Å². The van der Waals surface area contributed by atoms with Crippen LogP contribution in [-0.2, 0) is 34.9 Å². The van der Waals surface area contributed by atoms with Gasteiger partial charge >= 0.3 is 24.4 Å². The van der Waals surface area contributed by atoms with E-state index in [0.29, 0.717) is 5.56 Å². The molecule has 0 saturated carbocycles. The highest BCUT2D eigenvalue weighted by atomic mass is 16.7. The third-order valence-electron chi connectivity index (χ3n) is 5.49. The summed E-state index contributed by atoms with van der Waals surface area (Å²) in [5.74, 6) is -1.01. The summed E-state index contributed by atoms with van der Waals surface area (Å²) in [7, 11) is 1.19. The van der Waals surface area contributed by atoms with Crippen LogP contribution < -0.4 is 15.2 Å². The first-order valence-electron chi connectivity index (χ1n) is 14.0. The summed E-state index contributed by atoms with van der Waals surface area (Å²) in [6, 6.07) is 4.30. The smallest absolute Gasteiger partial charge is 0.468 e. The second-order valence-corrected chi connectivity index (χ2v) is 12.4. The highest BCUT2D eigenvalue weighted by Gasteiger charge is 2.36. The van der Waals surface area contributed by atoms with Crippen LogP contribution >= 0.6 is 0 Å². The van der Waals surface area contributed by atoms with Crippen molar-refractivity contribution in [3.63, 3.8) is 0 Å². The maximum Gasteiger partial charge on any atom is 0.513 e. The van der Waals surface area contributed by atoms with Gasteiger partial charge in [0.15, 0.2) is 11.5 Å². The van der Waals surface area contributed by atoms with Crippen LogP contribution in [0.15, 0.2) is 18.2 Å². The fourth-order valence-electron chi connectivity index (χ4n) is 3.31. The fraction of sp³-hybridized carbons (Fsp3) is 0.667. The molecule has 0 aromatic heterocycles. The molecule has 12 heteroatoms. The summed E-state index contributed by atoms with van der Waals surface area (Å²) in [4.78, 5) is 49.3. The van der Waals surface area contributed by atoms with Crippen LogP contribution in [0.3, 0.4) is 0 Å². The molecule has 0 aliphatic carbocycles. The average Bonchev–Trinajstić information content (AvgIpc) is 2.89. The zero-order chi connectivity index (χ0) is 32.0. The van der Waals surface area contributed by atoms with E-state index in [4.69, 9.17) is 38.9 Å². The summed E-state index contributed by atoms with van der Waals surface area (Å²) in [5, 5.41) is 0. The van der Waals surface area contributed by atoms with Crippen molar-refractivity contribution in [3.8, 4) is 11.5 Å². The van der Waals surface area contributed by atoms with Gasteiger partial charge in [0.05, 0.1) is 33.5 Å². The molecule has 0 aliphatic heterocycles. The lowest BCUT2D eigenvalue weighted by Gasteiger charge is -2.26. The van der Waals surface area contributed by atoms with Gasteiger partial charge in [-0.3, -0.25) is 4.79 Å². The van der Waals surface area contributed by atoms with Crippen molar-refractivity contribution in [2.24, 2.45) is 16.6 Å². The van der Waals surface area contributed by atoms with Gasteiger partial charge in [-0.2, -0.15) is 0 Å². The van der Waals surface area contributed by atoms with Gasteiger partial charge in [-0.25, -0.2) is 14.4 Å². The number of rotatable bonds is 14. The van der Waals surface area contributed by atoms with E-state index in [0.717, 1.165) is 19.3 Å². The standard InChI is InChI=1S/C30H47NO11/c1-9-10-11-15-37-25(33)38-16-14-30(31,24(32)36-8)18-21-12-13-22(41-26(34)39-19-28(2,3)4)23(17-21)42-27(35)40-20-29(5,6)7/h12-13,17H,9-11,14-16,18-20,31H2,1-8H3/t30-/m1/s1. The largest absolute Gasteiger partial charge is 0.513 e. The highest BCUT2D eigenvalue weighted by molar-refractivity contribution is 5.81. The maximum absolute atomic E-state index is 12.7. The van der Waals surface area contributed by atoms with Gasteiger partial charge in [-0.05, 0) is 34.9 Å². The number of methoxy groups -OCH3 is 1. The van der Waals surface area contributed by atoms with Gasteiger partial charge in [0, 0.05) is 12.8 Å². The quantitative estimate of drug-likeness (QED) is 0.116. The van der Waals surface area contributed by atoms with Gasteiger partial charge in [-0.15, -0.1) is 0 Å². The lowest BCUT2D eigenvalue weighted by molar-refractivity contribution is -0.147. The molecule has 0 amide bonds. The summed E-state index contributed by atoms with van der Waals surface area (Å²) in [5.41, 5.74) is 4.61. The molecule has 0 fully saturated rings. The van der Waals surface area contributed by atoms with Crippen molar-refractivity contribution in [1.29, 1.82) is 0 Å². The van der Waals surface area contributed by atoms with Crippen LogP contribution in [0, 0.1) is 10.8 Å². The van der Waals surface area contributed by atoms with E-state index >= 15 is 0 Å². The van der Waals surface area contributed by atoms with Crippen LogP contribution in [0.25, 0.3) is 0 Å². The first-order valence-corrected chi connectivity index (χ1v) is 14.0. The topological polar surface area (TPSA) is 159 Å². The summed E-state index contributed by atoms with van der Waals surface area (Å²) >= 11 is 0. The minimum absolute atomic E-state index is 0.0740.